The molecule has 0 aliphatic heterocycles. The van der Waals surface area contributed by atoms with E-state index in [1.165, 1.54) is 29.3 Å². The summed E-state index contributed by atoms with van der Waals surface area (Å²) in [7, 11) is 2.03. The lowest BCUT2D eigenvalue weighted by Crippen LogP contribution is -2.17. The molecule has 1 rings (SSSR count). The van der Waals surface area contributed by atoms with Gasteiger partial charge in [-0.25, -0.2) is 0 Å². The Hall–Kier alpha value is -0.340. The Bertz CT molecular complexity index is 322. The van der Waals surface area contributed by atoms with Crippen molar-refractivity contribution in [3.05, 3.63) is 34.3 Å². The second kappa shape index (κ2) is 7.88. The molecule has 0 saturated carbocycles. The van der Waals surface area contributed by atoms with Gasteiger partial charge in [-0.15, -0.1) is 0 Å². The van der Waals surface area contributed by atoms with E-state index in [1.54, 1.807) is 0 Å². The molecule has 0 spiro atoms. The van der Waals surface area contributed by atoms with Gasteiger partial charge in [-0.3, -0.25) is 0 Å². The highest BCUT2D eigenvalue weighted by molar-refractivity contribution is 9.10. The topological polar surface area (TPSA) is 12.0 Å². The van der Waals surface area contributed by atoms with E-state index < -0.39 is 0 Å². The second-order valence-electron chi connectivity index (χ2n) is 5.10. The summed E-state index contributed by atoms with van der Waals surface area (Å²) in [5.74, 6) is 1.43. The highest BCUT2D eigenvalue weighted by atomic mass is 79.9. The van der Waals surface area contributed by atoms with Crippen molar-refractivity contribution in [2.24, 2.45) is 5.92 Å². The molecular weight excluding hydrogens is 274 g/mol. The summed E-state index contributed by atoms with van der Waals surface area (Å²) in [6, 6.07) is 8.59. The fraction of sp³-hybridized carbons (Fsp3) is 0.600. The molecular formula is C15H24BrN. The van der Waals surface area contributed by atoms with Crippen LogP contribution >= 0.6 is 15.9 Å². The molecule has 17 heavy (non-hydrogen) atoms. The fourth-order valence-corrected chi connectivity index (χ4v) is 2.80. The van der Waals surface area contributed by atoms with Crippen LogP contribution in [0, 0.1) is 5.92 Å². The van der Waals surface area contributed by atoms with Crippen LogP contribution in [0.4, 0.5) is 0 Å². The summed E-state index contributed by atoms with van der Waals surface area (Å²) in [5.41, 5.74) is 1.44. The van der Waals surface area contributed by atoms with Crippen LogP contribution in [-0.2, 0) is 0 Å². The maximum absolute atomic E-state index is 3.66. The Morgan fingerprint density at radius 2 is 1.88 bits per heavy atom. The largest absolute Gasteiger partial charge is 0.319 e. The van der Waals surface area contributed by atoms with Crippen LogP contribution in [0.5, 0.6) is 0 Å². The molecule has 0 bridgehead atoms. The molecule has 1 atom stereocenters. The molecule has 2 heteroatoms. The maximum Gasteiger partial charge on any atom is 0.0210 e. The maximum atomic E-state index is 3.66. The molecule has 1 aromatic rings. The van der Waals surface area contributed by atoms with E-state index in [1.807, 2.05) is 7.05 Å². The molecule has 96 valence electrons. The first-order valence-corrected chi connectivity index (χ1v) is 7.33. The van der Waals surface area contributed by atoms with E-state index in [9.17, 15) is 0 Å². The minimum absolute atomic E-state index is 0.620. The van der Waals surface area contributed by atoms with Gasteiger partial charge in [0.2, 0.25) is 0 Å². The average molecular weight is 298 g/mol. The van der Waals surface area contributed by atoms with Crippen LogP contribution in [0.15, 0.2) is 28.7 Å². The van der Waals surface area contributed by atoms with Gasteiger partial charge in [0.05, 0.1) is 0 Å². The predicted molar refractivity (Wildman–Crippen MR) is 79.5 cm³/mol. The Labute approximate surface area is 114 Å². The van der Waals surface area contributed by atoms with Gasteiger partial charge in [-0.05, 0) is 36.9 Å². The molecule has 0 radical (unpaired) electrons. The number of hydrogen-bond acceptors (Lipinski definition) is 1. The van der Waals surface area contributed by atoms with E-state index in [4.69, 9.17) is 0 Å². The SMILES string of the molecule is CNCC(CCCC(C)C)c1ccccc1Br. The van der Waals surface area contributed by atoms with Gasteiger partial charge in [0.15, 0.2) is 0 Å². The number of nitrogens with one attached hydrogen (secondary N) is 1. The second-order valence-corrected chi connectivity index (χ2v) is 5.96. The Kier molecular flexibility index (Phi) is 6.83. The van der Waals surface area contributed by atoms with Crippen molar-refractivity contribution in [2.45, 2.75) is 39.0 Å². The highest BCUT2D eigenvalue weighted by Crippen LogP contribution is 2.28. The lowest BCUT2D eigenvalue weighted by Gasteiger charge is -2.19. The third-order valence-corrected chi connectivity index (χ3v) is 3.85. The Morgan fingerprint density at radius 3 is 2.47 bits per heavy atom. The molecule has 1 N–H and O–H groups in total. The molecule has 0 aliphatic carbocycles. The molecule has 1 unspecified atom stereocenters. The average Bonchev–Trinajstić information content (AvgIpc) is 2.28. The van der Waals surface area contributed by atoms with Crippen molar-refractivity contribution in [3.63, 3.8) is 0 Å². The van der Waals surface area contributed by atoms with Gasteiger partial charge < -0.3 is 5.32 Å². The minimum Gasteiger partial charge on any atom is -0.319 e. The summed E-state index contributed by atoms with van der Waals surface area (Å²) >= 11 is 3.66. The van der Waals surface area contributed by atoms with Crippen molar-refractivity contribution < 1.29 is 0 Å². The number of hydrogen-bond donors (Lipinski definition) is 1. The molecule has 1 nitrogen and oxygen atoms in total. The summed E-state index contributed by atoms with van der Waals surface area (Å²) in [6.07, 6.45) is 3.90. The highest BCUT2D eigenvalue weighted by Gasteiger charge is 2.13. The van der Waals surface area contributed by atoms with E-state index >= 15 is 0 Å². The number of benzene rings is 1. The minimum atomic E-state index is 0.620. The van der Waals surface area contributed by atoms with Crippen LogP contribution < -0.4 is 5.32 Å². The van der Waals surface area contributed by atoms with Gasteiger partial charge in [0.1, 0.15) is 0 Å². The monoisotopic (exact) mass is 297 g/mol. The van der Waals surface area contributed by atoms with E-state index in [0.29, 0.717) is 5.92 Å². The lowest BCUT2D eigenvalue weighted by molar-refractivity contribution is 0.489. The van der Waals surface area contributed by atoms with Crippen LogP contribution in [0.2, 0.25) is 0 Å². The van der Waals surface area contributed by atoms with Gasteiger partial charge >= 0.3 is 0 Å². The Morgan fingerprint density at radius 1 is 1.18 bits per heavy atom. The first kappa shape index (κ1) is 14.7. The molecule has 0 saturated heterocycles. The van der Waals surface area contributed by atoms with Crippen molar-refractivity contribution in [1.82, 2.24) is 5.32 Å². The summed E-state index contributed by atoms with van der Waals surface area (Å²) in [5, 5.41) is 3.31. The standard InChI is InChI=1S/C15H24BrN/c1-12(2)7-6-8-13(11-17-3)14-9-4-5-10-15(14)16/h4-5,9-10,12-13,17H,6-8,11H2,1-3H3. The van der Waals surface area contributed by atoms with Crippen molar-refractivity contribution >= 4 is 15.9 Å². The molecule has 0 amide bonds. The smallest absolute Gasteiger partial charge is 0.0210 e. The first-order valence-electron chi connectivity index (χ1n) is 6.54. The van der Waals surface area contributed by atoms with E-state index in [0.717, 1.165) is 12.5 Å². The van der Waals surface area contributed by atoms with Crippen molar-refractivity contribution in [1.29, 1.82) is 0 Å². The quantitative estimate of drug-likeness (QED) is 0.777. The number of halogens is 1. The molecule has 0 fully saturated rings. The molecule has 0 aliphatic rings. The summed E-state index contributed by atoms with van der Waals surface area (Å²) in [6.45, 7) is 5.65. The zero-order valence-corrected chi connectivity index (χ0v) is 12.8. The number of rotatable bonds is 7. The predicted octanol–water partition coefficient (Wildman–Crippen LogP) is 4.58. The third kappa shape index (κ3) is 5.22. The van der Waals surface area contributed by atoms with Crippen molar-refractivity contribution in [2.75, 3.05) is 13.6 Å². The number of likely N-dealkylation sites (N-methyl/N-ethyl adjacent to an activating group) is 1. The van der Waals surface area contributed by atoms with Gasteiger partial charge in [-0.2, -0.15) is 0 Å². The first-order chi connectivity index (χ1) is 8.15. The van der Waals surface area contributed by atoms with Gasteiger partial charge in [0.25, 0.3) is 0 Å². The summed E-state index contributed by atoms with van der Waals surface area (Å²) < 4.78 is 1.24. The third-order valence-electron chi connectivity index (χ3n) is 3.13. The van der Waals surface area contributed by atoms with Gasteiger partial charge in [0, 0.05) is 11.0 Å². The van der Waals surface area contributed by atoms with E-state index in [-0.39, 0.29) is 0 Å². The Balaban J connectivity index is 2.62. The summed E-state index contributed by atoms with van der Waals surface area (Å²) in [4.78, 5) is 0. The van der Waals surface area contributed by atoms with Crippen LogP contribution in [0.25, 0.3) is 0 Å². The molecule has 0 heterocycles. The zero-order valence-electron chi connectivity index (χ0n) is 11.2. The van der Waals surface area contributed by atoms with E-state index in [2.05, 4.69) is 59.4 Å². The van der Waals surface area contributed by atoms with Crippen LogP contribution in [0.1, 0.15) is 44.6 Å². The normalized spacial score (nSPS) is 13.0. The molecule has 0 aromatic heterocycles. The molecule has 1 aromatic carbocycles. The van der Waals surface area contributed by atoms with Crippen LogP contribution in [0.3, 0.4) is 0 Å². The fourth-order valence-electron chi connectivity index (χ4n) is 2.19. The van der Waals surface area contributed by atoms with Gasteiger partial charge in [-0.1, -0.05) is 60.8 Å². The lowest BCUT2D eigenvalue weighted by atomic mass is 9.92. The zero-order chi connectivity index (χ0) is 12.7. The van der Waals surface area contributed by atoms with Crippen molar-refractivity contribution in [3.8, 4) is 0 Å². The van der Waals surface area contributed by atoms with Crippen LogP contribution in [-0.4, -0.2) is 13.6 Å².